The van der Waals surface area contributed by atoms with Crippen molar-refractivity contribution in [3.63, 3.8) is 0 Å². The highest BCUT2D eigenvalue weighted by Crippen LogP contribution is 2.35. The van der Waals surface area contributed by atoms with Crippen LogP contribution in [0.3, 0.4) is 0 Å². The van der Waals surface area contributed by atoms with E-state index in [0.717, 1.165) is 22.9 Å². The third kappa shape index (κ3) is 1.76. The predicted molar refractivity (Wildman–Crippen MR) is 73.9 cm³/mol. The predicted octanol–water partition coefficient (Wildman–Crippen LogP) is 4.10. The van der Waals surface area contributed by atoms with Gasteiger partial charge in [-0.1, -0.05) is 25.5 Å². The quantitative estimate of drug-likeness (QED) is 0.789. The Morgan fingerprint density at radius 2 is 2.17 bits per heavy atom. The number of carbonyl (C=O) groups excluding carboxylic acids is 1. The average molecular weight is 241 g/mol. The third-order valence-corrected chi connectivity index (χ3v) is 4.30. The molecule has 2 atom stereocenters. The molecule has 0 bridgehead atoms. The molecule has 0 aliphatic heterocycles. The van der Waals surface area contributed by atoms with Gasteiger partial charge in [0.05, 0.1) is 0 Å². The average Bonchev–Trinajstić information content (AvgIpc) is 2.94. The number of fused-ring (bicyclic) bond motifs is 1. The van der Waals surface area contributed by atoms with Crippen LogP contribution in [0.2, 0.25) is 0 Å². The summed E-state index contributed by atoms with van der Waals surface area (Å²) >= 11 is 0. The van der Waals surface area contributed by atoms with E-state index in [1.165, 1.54) is 18.4 Å². The number of aryl methyl sites for hydroxylation is 1. The minimum absolute atomic E-state index is 0.227. The van der Waals surface area contributed by atoms with Crippen LogP contribution >= 0.6 is 0 Å². The van der Waals surface area contributed by atoms with Crippen molar-refractivity contribution in [3.8, 4) is 0 Å². The van der Waals surface area contributed by atoms with Gasteiger partial charge in [-0.05, 0) is 37.3 Å². The van der Waals surface area contributed by atoms with E-state index in [2.05, 4.69) is 37.0 Å². The number of hydrogen-bond donors (Lipinski definition) is 1. The van der Waals surface area contributed by atoms with Gasteiger partial charge in [-0.25, -0.2) is 0 Å². The number of aromatic nitrogens is 1. The molecule has 0 radical (unpaired) electrons. The fourth-order valence-corrected chi connectivity index (χ4v) is 3.18. The van der Waals surface area contributed by atoms with Gasteiger partial charge in [-0.2, -0.15) is 0 Å². The molecular formula is C16H19NO. The third-order valence-electron chi connectivity index (χ3n) is 4.30. The molecule has 1 heterocycles. The molecule has 1 aliphatic carbocycles. The van der Waals surface area contributed by atoms with Crippen LogP contribution in [0.5, 0.6) is 0 Å². The van der Waals surface area contributed by atoms with Crippen molar-refractivity contribution in [3.05, 3.63) is 35.5 Å². The molecule has 2 aromatic rings. The molecule has 0 amide bonds. The Morgan fingerprint density at radius 1 is 1.33 bits per heavy atom. The maximum absolute atomic E-state index is 12.6. The van der Waals surface area contributed by atoms with Crippen LogP contribution in [0.15, 0.2) is 24.4 Å². The van der Waals surface area contributed by atoms with Crippen LogP contribution < -0.4 is 0 Å². The molecule has 2 nitrogen and oxygen atoms in total. The van der Waals surface area contributed by atoms with Gasteiger partial charge in [0.15, 0.2) is 5.78 Å². The van der Waals surface area contributed by atoms with E-state index in [4.69, 9.17) is 0 Å². The first-order valence-corrected chi connectivity index (χ1v) is 6.79. The lowest BCUT2D eigenvalue weighted by Gasteiger charge is -2.13. The first kappa shape index (κ1) is 11.5. The van der Waals surface area contributed by atoms with Crippen LogP contribution in [-0.4, -0.2) is 10.8 Å². The Balaban J connectivity index is 2.01. The number of rotatable bonds is 2. The maximum atomic E-state index is 12.6. The van der Waals surface area contributed by atoms with E-state index in [9.17, 15) is 4.79 Å². The van der Waals surface area contributed by atoms with Crippen LogP contribution in [-0.2, 0) is 0 Å². The molecule has 1 N–H and O–H groups in total. The smallest absolute Gasteiger partial charge is 0.168 e. The molecule has 1 aromatic carbocycles. The Morgan fingerprint density at radius 3 is 2.89 bits per heavy atom. The highest BCUT2D eigenvalue weighted by Gasteiger charge is 2.31. The SMILES string of the molecule is Cc1ccc2c(C(=O)C3CCCC3C)c[nH]c2c1. The van der Waals surface area contributed by atoms with Crippen LogP contribution in [0, 0.1) is 18.8 Å². The minimum Gasteiger partial charge on any atom is -0.360 e. The summed E-state index contributed by atoms with van der Waals surface area (Å²) in [7, 11) is 0. The van der Waals surface area contributed by atoms with Crippen molar-refractivity contribution in [1.82, 2.24) is 4.98 Å². The molecule has 0 spiro atoms. The van der Waals surface area contributed by atoms with E-state index in [1.54, 1.807) is 0 Å². The zero-order valence-electron chi connectivity index (χ0n) is 11.0. The van der Waals surface area contributed by atoms with Crippen molar-refractivity contribution in [1.29, 1.82) is 0 Å². The number of hydrogen-bond acceptors (Lipinski definition) is 1. The lowest BCUT2D eigenvalue weighted by Crippen LogP contribution is -2.16. The van der Waals surface area contributed by atoms with Crippen LogP contribution in [0.25, 0.3) is 10.9 Å². The second-order valence-corrected chi connectivity index (χ2v) is 5.63. The molecule has 18 heavy (non-hydrogen) atoms. The van der Waals surface area contributed by atoms with E-state index < -0.39 is 0 Å². The van der Waals surface area contributed by atoms with Crippen molar-refractivity contribution in [2.45, 2.75) is 33.1 Å². The van der Waals surface area contributed by atoms with E-state index in [-0.39, 0.29) is 5.92 Å². The molecule has 2 unspecified atom stereocenters. The molecule has 1 aromatic heterocycles. The fraction of sp³-hybridized carbons (Fsp3) is 0.438. The zero-order chi connectivity index (χ0) is 12.7. The van der Waals surface area contributed by atoms with Gasteiger partial charge in [0, 0.05) is 28.6 Å². The molecule has 94 valence electrons. The maximum Gasteiger partial charge on any atom is 0.168 e. The van der Waals surface area contributed by atoms with Gasteiger partial charge in [0.25, 0.3) is 0 Å². The summed E-state index contributed by atoms with van der Waals surface area (Å²) < 4.78 is 0. The summed E-state index contributed by atoms with van der Waals surface area (Å²) in [4.78, 5) is 15.8. The fourth-order valence-electron chi connectivity index (χ4n) is 3.18. The molecule has 1 aliphatic rings. The van der Waals surface area contributed by atoms with E-state index in [0.29, 0.717) is 11.7 Å². The summed E-state index contributed by atoms with van der Waals surface area (Å²) in [5.74, 6) is 1.09. The standard InChI is InChI=1S/C16H19NO/c1-10-6-7-13-14(9-17-15(13)8-10)16(18)12-5-3-4-11(12)2/h6-9,11-12,17H,3-5H2,1-2H3. The second-order valence-electron chi connectivity index (χ2n) is 5.63. The molecule has 0 saturated heterocycles. The first-order valence-electron chi connectivity index (χ1n) is 6.79. The van der Waals surface area contributed by atoms with Gasteiger partial charge in [0.1, 0.15) is 0 Å². The number of nitrogens with one attached hydrogen (secondary N) is 1. The lowest BCUT2D eigenvalue weighted by molar-refractivity contribution is 0.0899. The topological polar surface area (TPSA) is 32.9 Å². The zero-order valence-corrected chi connectivity index (χ0v) is 11.0. The van der Waals surface area contributed by atoms with Crippen molar-refractivity contribution >= 4 is 16.7 Å². The Hall–Kier alpha value is -1.57. The highest BCUT2D eigenvalue weighted by atomic mass is 16.1. The summed E-state index contributed by atoms with van der Waals surface area (Å²) in [6, 6.07) is 6.24. The molecule has 1 fully saturated rings. The monoisotopic (exact) mass is 241 g/mol. The number of ketones is 1. The van der Waals surface area contributed by atoms with Crippen molar-refractivity contribution in [2.24, 2.45) is 11.8 Å². The van der Waals surface area contributed by atoms with Crippen LogP contribution in [0.1, 0.15) is 42.1 Å². The van der Waals surface area contributed by atoms with E-state index in [1.807, 2.05) is 6.20 Å². The summed E-state index contributed by atoms with van der Waals surface area (Å²) in [6.07, 6.45) is 5.33. The van der Waals surface area contributed by atoms with Crippen molar-refractivity contribution < 1.29 is 4.79 Å². The van der Waals surface area contributed by atoms with Crippen molar-refractivity contribution in [2.75, 3.05) is 0 Å². The Labute approximate surface area is 107 Å². The van der Waals surface area contributed by atoms with Gasteiger partial charge in [0.2, 0.25) is 0 Å². The molecule has 2 heteroatoms. The van der Waals surface area contributed by atoms with E-state index >= 15 is 0 Å². The summed E-state index contributed by atoms with van der Waals surface area (Å²) in [5.41, 5.74) is 3.17. The van der Waals surface area contributed by atoms with Gasteiger partial charge in [-0.15, -0.1) is 0 Å². The largest absolute Gasteiger partial charge is 0.360 e. The summed E-state index contributed by atoms with van der Waals surface area (Å²) in [6.45, 7) is 4.27. The second kappa shape index (κ2) is 4.27. The number of benzene rings is 1. The molecule has 3 rings (SSSR count). The molecular weight excluding hydrogens is 222 g/mol. The lowest BCUT2D eigenvalue weighted by atomic mass is 9.89. The number of H-pyrrole nitrogens is 1. The Bertz CT molecular complexity index is 596. The number of carbonyl (C=O) groups is 1. The normalized spacial score (nSPS) is 23.7. The van der Waals surface area contributed by atoms with Gasteiger partial charge < -0.3 is 4.98 Å². The summed E-state index contributed by atoms with van der Waals surface area (Å²) in [5, 5.41) is 1.07. The van der Waals surface area contributed by atoms with Crippen LogP contribution in [0.4, 0.5) is 0 Å². The number of Topliss-reactive ketones (excluding diaryl/α,β-unsaturated/α-hetero) is 1. The highest BCUT2D eigenvalue weighted by molar-refractivity contribution is 6.09. The Kier molecular flexibility index (Phi) is 2.73. The van der Waals surface area contributed by atoms with Gasteiger partial charge >= 0.3 is 0 Å². The molecule has 1 saturated carbocycles. The van der Waals surface area contributed by atoms with Gasteiger partial charge in [-0.3, -0.25) is 4.79 Å². The minimum atomic E-state index is 0.227. The number of aromatic amines is 1. The first-order chi connectivity index (χ1) is 8.66.